The van der Waals surface area contributed by atoms with Crippen LogP contribution in [0.2, 0.25) is 0 Å². The van der Waals surface area contributed by atoms with Crippen LogP contribution in [0.15, 0.2) is 24.3 Å². The smallest absolute Gasteiger partial charge is 0.0366 e. The molecular weight excluding hydrogens is 208 g/mol. The Morgan fingerprint density at radius 3 is 2.24 bits per heavy atom. The Morgan fingerprint density at radius 1 is 1.18 bits per heavy atom. The molecule has 0 spiro atoms. The number of nitrogens with zero attached hydrogens (tertiary/aromatic N) is 1. The number of hydrogen-bond acceptors (Lipinski definition) is 2. The van der Waals surface area contributed by atoms with Crippen molar-refractivity contribution in [2.24, 2.45) is 11.3 Å². The number of hydrogen-bond donors (Lipinski definition) is 1. The van der Waals surface area contributed by atoms with Crippen LogP contribution >= 0.6 is 0 Å². The predicted molar refractivity (Wildman–Crippen MR) is 74.4 cm³/mol. The van der Waals surface area contributed by atoms with Crippen LogP contribution in [0.4, 0.5) is 5.69 Å². The van der Waals surface area contributed by atoms with Crippen LogP contribution in [-0.2, 0) is 6.54 Å². The van der Waals surface area contributed by atoms with Crippen molar-refractivity contribution < 1.29 is 0 Å². The Balaban J connectivity index is 1.93. The molecule has 1 N–H and O–H groups in total. The van der Waals surface area contributed by atoms with Gasteiger partial charge in [0.1, 0.15) is 0 Å². The molecule has 1 aromatic rings. The molecule has 1 fully saturated rings. The zero-order valence-electron chi connectivity index (χ0n) is 11.5. The molecule has 0 unspecified atom stereocenters. The lowest BCUT2D eigenvalue weighted by Crippen LogP contribution is -2.52. The van der Waals surface area contributed by atoms with Crippen molar-refractivity contribution in [3.05, 3.63) is 29.8 Å². The summed E-state index contributed by atoms with van der Waals surface area (Å²) in [5.74, 6) is 0.833. The summed E-state index contributed by atoms with van der Waals surface area (Å²) in [5, 5.41) is 3.17. The van der Waals surface area contributed by atoms with Gasteiger partial charge in [-0.3, -0.25) is 0 Å². The van der Waals surface area contributed by atoms with E-state index in [4.69, 9.17) is 0 Å². The van der Waals surface area contributed by atoms with Gasteiger partial charge in [-0.1, -0.05) is 32.9 Å². The van der Waals surface area contributed by atoms with Gasteiger partial charge < -0.3 is 10.2 Å². The zero-order chi connectivity index (χ0) is 12.5. The van der Waals surface area contributed by atoms with E-state index in [2.05, 4.69) is 55.3 Å². The van der Waals surface area contributed by atoms with Gasteiger partial charge in [0.2, 0.25) is 0 Å². The highest BCUT2D eigenvalue weighted by molar-refractivity contribution is 5.50. The van der Waals surface area contributed by atoms with Gasteiger partial charge in [-0.25, -0.2) is 0 Å². The fourth-order valence-electron chi connectivity index (χ4n) is 2.27. The molecular formula is C15H24N2. The van der Waals surface area contributed by atoms with Gasteiger partial charge in [0, 0.05) is 25.3 Å². The largest absolute Gasteiger partial charge is 0.371 e. The highest BCUT2D eigenvalue weighted by Crippen LogP contribution is 2.36. The summed E-state index contributed by atoms with van der Waals surface area (Å²) in [6.45, 7) is 10.4. The van der Waals surface area contributed by atoms with Gasteiger partial charge in [-0.15, -0.1) is 0 Å². The van der Waals surface area contributed by atoms with Gasteiger partial charge >= 0.3 is 0 Å². The fraction of sp³-hybridized carbons (Fsp3) is 0.600. The molecule has 2 nitrogen and oxygen atoms in total. The SMILES string of the molecule is CNCc1ccc(N2CC(C(C)(C)C)C2)cc1. The molecule has 94 valence electrons. The van der Waals surface area contributed by atoms with Crippen molar-refractivity contribution >= 4 is 5.69 Å². The highest BCUT2D eigenvalue weighted by Gasteiger charge is 2.35. The second-order valence-corrected chi connectivity index (χ2v) is 6.16. The maximum atomic E-state index is 3.17. The third-order valence-corrected chi connectivity index (χ3v) is 3.79. The van der Waals surface area contributed by atoms with E-state index >= 15 is 0 Å². The number of rotatable bonds is 3. The number of benzene rings is 1. The lowest BCUT2D eigenvalue weighted by atomic mass is 9.76. The van der Waals surface area contributed by atoms with E-state index in [1.165, 1.54) is 24.3 Å². The monoisotopic (exact) mass is 232 g/mol. The summed E-state index contributed by atoms with van der Waals surface area (Å²) in [6.07, 6.45) is 0. The lowest BCUT2D eigenvalue weighted by Gasteiger charge is -2.47. The first-order chi connectivity index (χ1) is 8.00. The van der Waals surface area contributed by atoms with Crippen molar-refractivity contribution in [1.29, 1.82) is 0 Å². The van der Waals surface area contributed by atoms with Crippen LogP contribution in [-0.4, -0.2) is 20.1 Å². The molecule has 0 aromatic heterocycles. The van der Waals surface area contributed by atoms with Gasteiger partial charge in [-0.2, -0.15) is 0 Å². The summed E-state index contributed by atoms with van der Waals surface area (Å²) in [6, 6.07) is 8.92. The minimum Gasteiger partial charge on any atom is -0.371 e. The average molecular weight is 232 g/mol. The maximum Gasteiger partial charge on any atom is 0.0366 e. The highest BCUT2D eigenvalue weighted by atomic mass is 15.2. The Kier molecular flexibility index (Phi) is 3.43. The predicted octanol–water partition coefficient (Wildman–Crippen LogP) is 2.89. The fourth-order valence-corrected chi connectivity index (χ4v) is 2.27. The van der Waals surface area contributed by atoms with Gasteiger partial charge in [0.25, 0.3) is 0 Å². The maximum absolute atomic E-state index is 3.17. The third kappa shape index (κ3) is 2.81. The molecule has 0 amide bonds. The molecule has 1 saturated heterocycles. The van der Waals surface area contributed by atoms with E-state index in [0.717, 1.165) is 12.5 Å². The summed E-state index contributed by atoms with van der Waals surface area (Å²) < 4.78 is 0. The Morgan fingerprint density at radius 2 is 1.76 bits per heavy atom. The molecule has 0 saturated carbocycles. The quantitative estimate of drug-likeness (QED) is 0.862. The van der Waals surface area contributed by atoms with Crippen LogP contribution in [0.25, 0.3) is 0 Å². The first kappa shape index (κ1) is 12.4. The molecule has 2 rings (SSSR count). The minimum absolute atomic E-state index is 0.447. The van der Waals surface area contributed by atoms with E-state index in [-0.39, 0.29) is 0 Å². The third-order valence-electron chi connectivity index (χ3n) is 3.79. The molecule has 0 aliphatic carbocycles. The second-order valence-electron chi connectivity index (χ2n) is 6.16. The van der Waals surface area contributed by atoms with E-state index in [1.54, 1.807) is 0 Å². The Bertz CT molecular complexity index is 356. The number of anilines is 1. The summed E-state index contributed by atoms with van der Waals surface area (Å²) in [5.41, 5.74) is 3.16. The zero-order valence-corrected chi connectivity index (χ0v) is 11.5. The minimum atomic E-state index is 0.447. The van der Waals surface area contributed by atoms with Gasteiger partial charge in [0.15, 0.2) is 0 Å². The van der Waals surface area contributed by atoms with Crippen LogP contribution in [0, 0.1) is 11.3 Å². The van der Waals surface area contributed by atoms with Crippen molar-refractivity contribution in [1.82, 2.24) is 5.32 Å². The Hall–Kier alpha value is -1.02. The van der Waals surface area contributed by atoms with E-state index < -0.39 is 0 Å². The summed E-state index contributed by atoms with van der Waals surface area (Å²) >= 11 is 0. The van der Waals surface area contributed by atoms with E-state index in [1.807, 2.05) is 7.05 Å². The van der Waals surface area contributed by atoms with E-state index in [0.29, 0.717) is 5.41 Å². The number of nitrogens with one attached hydrogen (secondary N) is 1. The lowest BCUT2D eigenvalue weighted by molar-refractivity contribution is 0.195. The standard InChI is InChI=1S/C15H24N2/c1-15(2,3)13-10-17(11-13)14-7-5-12(6-8-14)9-16-4/h5-8,13,16H,9-11H2,1-4H3. The van der Waals surface area contributed by atoms with Crippen molar-refractivity contribution in [3.63, 3.8) is 0 Å². The molecule has 0 atom stereocenters. The summed E-state index contributed by atoms with van der Waals surface area (Å²) in [4.78, 5) is 2.47. The van der Waals surface area contributed by atoms with Crippen molar-refractivity contribution in [3.8, 4) is 0 Å². The van der Waals surface area contributed by atoms with Crippen LogP contribution < -0.4 is 10.2 Å². The molecule has 17 heavy (non-hydrogen) atoms. The van der Waals surface area contributed by atoms with Crippen LogP contribution in [0.1, 0.15) is 26.3 Å². The molecule has 0 bridgehead atoms. The molecule has 0 radical (unpaired) electrons. The molecule has 1 aliphatic heterocycles. The molecule has 1 aliphatic rings. The average Bonchev–Trinajstić information content (AvgIpc) is 2.16. The Labute approximate surface area is 105 Å². The van der Waals surface area contributed by atoms with Crippen LogP contribution in [0.5, 0.6) is 0 Å². The molecule has 1 aromatic carbocycles. The second kappa shape index (κ2) is 4.69. The first-order valence-corrected chi connectivity index (χ1v) is 6.49. The van der Waals surface area contributed by atoms with Crippen LogP contribution in [0.3, 0.4) is 0 Å². The normalized spacial score (nSPS) is 17.1. The molecule has 2 heteroatoms. The van der Waals surface area contributed by atoms with Gasteiger partial charge in [0.05, 0.1) is 0 Å². The summed E-state index contributed by atoms with van der Waals surface area (Å²) in [7, 11) is 1.98. The molecule has 1 heterocycles. The van der Waals surface area contributed by atoms with Crippen molar-refractivity contribution in [2.45, 2.75) is 27.3 Å². The van der Waals surface area contributed by atoms with E-state index in [9.17, 15) is 0 Å². The van der Waals surface area contributed by atoms with Gasteiger partial charge in [-0.05, 0) is 36.1 Å². The van der Waals surface area contributed by atoms with Crippen molar-refractivity contribution in [2.75, 3.05) is 25.0 Å². The first-order valence-electron chi connectivity index (χ1n) is 6.49. The topological polar surface area (TPSA) is 15.3 Å².